The molecule has 0 unspecified atom stereocenters. The van der Waals surface area contributed by atoms with Gasteiger partial charge < -0.3 is 0 Å². The van der Waals surface area contributed by atoms with Crippen molar-refractivity contribution in [2.45, 2.75) is 49.2 Å². The Morgan fingerprint density at radius 1 is 1.08 bits per heavy atom. The zero-order chi connectivity index (χ0) is 10.3. The van der Waals surface area contributed by atoms with E-state index >= 15 is 0 Å². The first-order valence-corrected chi connectivity index (χ1v) is 5.72. The maximum atomic E-state index is 11.1. The minimum absolute atomic E-state index is 0.297. The molecule has 1 nitrogen and oxygen atoms in total. The molecule has 13 heavy (non-hydrogen) atoms. The van der Waals surface area contributed by atoms with E-state index in [9.17, 15) is 4.79 Å². The van der Waals surface area contributed by atoms with Crippen LogP contribution in [0.3, 0.4) is 0 Å². The van der Waals surface area contributed by atoms with E-state index in [0.29, 0.717) is 6.42 Å². The number of unbranched alkanes of at least 4 members (excludes halogenated alkanes) is 4. The Hall–Kier alpha value is 0.540. The van der Waals surface area contributed by atoms with Crippen LogP contribution in [-0.2, 0) is 4.79 Å². The molecule has 0 aromatic heterocycles. The van der Waals surface area contributed by atoms with Crippen LogP contribution < -0.4 is 0 Å². The molecule has 0 aliphatic rings. The number of halogens is 3. The molecule has 78 valence electrons. The van der Waals surface area contributed by atoms with Gasteiger partial charge in [0, 0.05) is 6.42 Å². The standard InChI is InChI=1S/C9H15Cl3O/c1-2-3-4-5-6-7-8(13)9(10,11)12/h2-7H2,1H3. The summed E-state index contributed by atoms with van der Waals surface area (Å²) in [5, 5.41) is 0. The number of hydrogen-bond acceptors (Lipinski definition) is 1. The van der Waals surface area contributed by atoms with Crippen LogP contribution in [0.1, 0.15) is 45.4 Å². The van der Waals surface area contributed by atoms with Crippen LogP contribution in [0.15, 0.2) is 0 Å². The van der Waals surface area contributed by atoms with Gasteiger partial charge in [-0.1, -0.05) is 67.4 Å². The highest BCUT2D eigenvalue weighted by atomic mass is 35.6. The molecule has 0 rings (SSSR count). The Kier molecular flexibility index (Phi) is 7.20. The third kappa shape index (κ3) is 7.60. The van der Waals surface area contributed by atoms with Gasteiger partial charge in [0.2, 0.25) is 3.79 Å². The first-order chi connectivity index (χ1) is 5.98. The largest absolute Gasteiger partial charge is 0.295 e. The Bertz CT molecular complexity index is 151. The fourth-order valence-corrected chi connectivity index (χ4v) is 1.31. The summed E-state index contributed by atoms with van der Waals surface area (Å²) in [7, 11) is 0. The lowest BCUT2D eigenvalue weighted by Crippen LogP contribution is -2.18. The Balaban J connectivity index is 3.38. The van der Waals surface area contributed by atoms with E-state index in [1.54, 1.807) is 0 Å². The van der Waals surface area contributed by atoms with Crippen molar-refractivity contribution in [1.82, 2.24) is 0 Å². The minimum Gasteiger partial charge on any atom is -0.295 e. The molecule has 0 amide bonds. The zero-order valence-electron chi connectivity index (χ0n) is 7.78. The lowest BCUT2D eigenvalue weighted by Gasteiger charge is -2.08. The predicted octanol–water partition coefficient (Wildman–Crippen LogP) is 4.29. The highest BCUT2D eigenvalue weighted by molar-refractivity contribution is 6.76. The number of Topliss-reactive ketones (excluding diaryl/α,β-unsaturated/α-hetero) is 1. The topological polar surface area (TPSA) is 17.1 Å². The molecule has 0 saturated heterocycles. The number of rotatable bonds is 6. The molecule has 0 aliphatic heterocycles. The average Bonchev–Trinajstić information content (AvgIpc) is 2.02. The fourth-order valence-electron chi connectivity index (χ4n) is 1.03. The quantitative estimate of drug-likeness (QED) is 0.504. The van der Waals surface area contributed by atoms with Crippen LogP contribution in [0.5, 0.6) is 0 Å². The van der Waals surface area contributed by atoms with Crippen LogP contribution in [0, 0.1) is 0 Å². The average molecular weight is 246 g/mol. The molecule has 0 atom stereocenters. The first-order valence-electron chi connectivity index (χ1n) is 4.58. The summed E-state index contributed by atoms with van der Waals surface area (Å²) < 4.78 is -1.72. The fraction of sp³-hybridized carbons (Fsp3) is 0.889. The summed E-state index contributed by atoms with van der Waals surface area (Å²) in [5.41, 5.74) is 0. The SMILES string of the molecule is CCCCCCCC(=O)C(Cl)(Cl)Cl. The molecule has 0 fully saturated rings. The van der Waals surface area contributed by atoms with Gasteiger partial charge in [-0.15, -0.1) is 0 Å². The molecule has 0 saturated carbocycles. The third-order valence-electron chi connectivity index (χ3n) is 1.82. The highest BCUT2D eigenvalue weighted by Gasteiger charge is 2.29. The number of ketones is 1. The molecule has 0 radical (unpaired) electrons. The molecule has 0 aliphatic carbocycles. The summed E-state index contributed by atoms with van der Waals surface area (Å²) in [6.45, 7) is 2.15. The van der Waals surface area contributed by atoms with Crippen LogP contribution in [0.2, 0.25) is 0 Å². The van der Waals surface area contributed by atoms with E-state index < -0.39 is 3.79 Å². The summed E-state index contributed by atoms with van der Waals surface area (Å²) in [6.07, 6.45) is 5.80. The van der Waals surface area contributed by atoms with E-state index in [1.807, 2.05) is 0 Å². The molecular formula is C9H15Cl3O. The van der Waals surface area contributed by atoms with Gasteiger partial charge in [0.05, 0.1) is 0 Å². The molecule has 0 heterocycles. The van der Waals surface area contributed by atoms with Crippen molar-refractivity contribution in [2.24, 2.45) is 0 Å². The highest BCUT2D eigenvalue weighted by Crippen LogP contribution is 2.29. The molecule has 0 aromatic carbocycles. The first kappa shape index (κ1) is 13.5. The molecule has 0 bridgehead atoms. The number of alkyl halides is 3. The monoisotopic (exact) mass is 244 g/mol. The molecular weight excluding hydrogens is 230 g/mol. The Labute approximate surface area is 94.7 Å². The van der Waals surface area contributed by atoms with Crippen molar-refractivity contribution in [3.8, 4) is 0 Å². The molecule has 0 spiro atoms. The number of carbonyl (C=O) groups excluding carboxylic acids is 1. The number of carbonyl (C=O) groups is 1. The van der Waals surface area contributed by atoms with Gasteiger partial charge in [0.15, 0.2) is 5.78 Å². The lowest BCUT2D eigenvalue weighted by atomic mass is 10.1. The predicted molar refractivity (Wildman–Crippen MR) is 58.7 cm³/mol. The van der Waals surface area contributed by atoms with E-state index in [4.69, 9.17) is 34.8 Å². The van der Waals surface area contributed by atoms with Gasteiger partial charge in [-0.3, -0.25) is 4.79 Å². The van der Waals surface area contributed by atoms with E-state index in [2.05, 4.69) is 6.92 Å². The maximum Gasteiger partial charge on any atom is 0.248 e. The normalized spacial score (nSPS) is 11.7. The summed E-state index contributed by atoms with van der Waals surface area (Å²) in [5.74, 6) is -0.297. The van der Waals surface area contributed by atoms with Crippen LogP contribution in [-0.4, -0.2) is 9.58 Å². The minimum atomic E-state index is -1.72. The van der Waals surface area contributed by atoms with Crippen molar-refractivity contribution < 1.29 is 4.79 Å². The van der Waals surface area contributed by atoms with Crippen molar-refractivity contribution >= 4 is 40.6 Å². The number of hydrogen-bond donors (Lipinski definition) is 0. The van der Waals surface area contributed by atoms with Crippen LogP contribution >= 0.6 is 34.8 Å². The summed E-state index contributed by atoms with van der Waals surface area (Å²) in [4.78, 5) is 11.1. The molecule has 0 aromatic rings. The van der Waals surface area contributed by atoms with Gasteiger partial charge in [0.1, 0.15) is 0 Å². The summed E-state index contributed by atoms with van der Waals surface area (Å²) >= 11 is 16.2. The van der Waals surface area contributed by atoms with Gasteiger partial charge in [-0.05, 0) is 6.42 Å². The maximum absolute atomic E-state index is 11.1. The Morgan fingerprint density at radius 2 is 1.62 bits per heavy atom. The van der Waals surface area contributed by atoms with E-state index in [-0.39, 0.29) is 5.78 Å². The van der Waals surface area contributed by atoms with Gasteiger partial charge in [0.25, 0.3) is 0 Å². The lowest BCUT2D eigenvalue weighted by molar-refractivity contribution is -0.118. The second kappa shape index (κ2) is 6.92. The third-order valence-corrected chi connectivity index (χ3v) is 2.46. The molecule has 4 heteroatoms. The van der Waals surface area contributed by atoms with Gasteiger partial charge >= 0.3 is 0 Å². The van der Waals surface area contributed by atoms with E-state index in [1.165, 1.54) is 12.8 Å². The Morgan fingerprint density at radius 3 is 2.08 bits per heavy atom. The van der Waals surface area contributed by atoms with Crippen molar-refractivity contribution in [3.05, 3.63) is 0 Å². The van der Waals surface area contributed by atoms with Crippen LogP contribution in [0.4, 0.5) is 0 Å². The second-order valence-electron chi connectivity index (χ2n) is 3.09. The van der Waals surface area contributed by atoms with Gasteiger partial charge in [-0.2, -0.15) is 0 Å². The molecule has 0 N–H and O–H groups in total. The van der Waals surface area contributed by atoms with Crippen molar-refractivity contribution in [2.75, 3.05) is 0 Å². The van der Waals surface area contributed by atoms with Gasteiger partial charge in [-0.25, -0.2) is 0 Å². The van der Waals surface area contributed by atoms with Crippen molar-refractivity contribution in [3.63, 3.8) is 0 Å². The van der Waals surface area contributed by atoms with Crippen molar-refractivity contribution in [1.29, 1.82) is 0 Å². The zero-order valence-corrected chi connectivity index (χ0v) is 10.1. The smallest absolute Gasteiger partial charge is 0.248 e. The van der Waals surface area contributed by atoms with Crippen LogP contribution in [0.25, 0.3) is 0 Å². The summed E-state index contributed by atoms with van der Waals surface area (Å²) in [6, 6.07) is 0. The van der Waals surface area contributed by atoms with E-state index in [0.717, 1.165) is 19.3 Å². The second-order valence-corrected chi connectivity index (χ2v) is 5.37.